The van der Waals surface area contributed by atoms with Crippen LogP contribution in [0.2, 0.25) is 0 Å². The number of fused-ring (bicyclic) bond motifs is 1. The molecule has 0 unspecified atom stereocenters. The fraction of sp³-hybridized carbons (Fsp3) is 0.333. The summed E-state index contributed by atoms with van der Waals surface area (Å²) in [5, 5.41) is 0.613. The number of carbonyl (C=O) groups is 2. The molecule has 104 valence electrons. The minimum absolute atomic E-state index is 0.127. The fourth-order valence-corrected chi connectivity index (χ4v) is 2.56. The van der Waals surface area contributed by atoms with Crippen molar-refractivity contribution in [1.82, 2.24) is 4.90 Å². The Kier molecular flexibility index (Phi) is 3.18. The quantitative estimate of drug-likeness (QED) is 0.806. The maximum Gasteiger partial charge on any atom is 0.289 e. The number of furan rings is 1. The zero-order chi connectivity index (χ0) is 14.1. The minimum atomic E-state index is -0.127. The Morgan fingerprint density at radius 1 is 1.35 bits per heavy atom. The summed E-state index contributed by atoms with van der Waals surface area (Å²) in [7, 11) is 1.53. The first-order valence-corrected chi connectivity index (χ1v) is 6.59. The van der Waals surface area contributed by atoms with Gasteiger partial charge in [-0.3, -0.25) is 9.59 Å². The predicted molar refractivity (Wildman–Crippen MR) is 73.3 cm³/mol. The van der Waals surface area contributed by atoms with Crippen molar-refractivity contribution in [2.24, 2.45) is 0 Å². The maximum atomic E-state index is 12.3. The van der Waals surface area contributed by atoms with E-state index in [1.54, 1.807) is 23.1 Å². The van der Waals surface area contributed by atoms with E-state index in [0.29, 0.717) is 22.3 Å². The molecule has 3 rings (SSSR count). The number of methoxy groups -OCH3 is 1. The summed E-state index contributed by atoms with van der Waals surface area (Å²) in [6.07, 6.45) is 2.80. The molecule has 0 radical (unpaired) electrons. The first-order chi connectivity index (χ1) is 9.74. The number of hydrogen-bond acceptors (Lipinski definition) is 4. The van der Waals surface area contributed by atoms with E-state index in [1.807, 2.05) is 0 Å². The van der Waals surface area contributed by atoms with E-state index in [1.165, 1.54) is 7.11 Å². The third-order valence-electron chi connectivity index (χ3n) is 3.63. The van der Waals surface area contributed by atoms with Crippen LogP contribution in [0.25, 0.3) is 11.0 Å². The molecule has 0 aliphatic carbocycles. The summed E-state index contributed by atoms with van der Waals surface area (Å²) >= 11 is 0. The van der Waals surface area contributed by atoms with Gasteiger partial charge in [0.1, 0.15) is 0 Å². The van der Waals surface area contributed by atoms with Gasteiger partial charge in [-0.25, -0.2) is 0 Å². The Hall–Kier alpha value is -2.30. The SMILES string of the molecule is COc1ccc(C=O)c2cc(C(=O)N3CCCC3)oc12. The molecule has 0 N–H and O–H groups in total. The largest absolute Gasteiger partial charge is 0.493 e. The molecule has 2 aromatic rings. The van der Waals surface area contributed by atoms with Crippen molar-refractivity contribution in [3.8, 4) is 5.75 Å². The Bertz CT molecular complexity index is 668. The Labute approximate surface area is 116 Å². The number of nitrogens with zero attached hydrogens (tertiary/aromatic N) is 1. The van der Waals surface area contributed by atoms with Crippen LogP contribution in [-0.2, 0) is 0 Å². The van der Waals surface area contributed by atoms with Gasteiger partial charge in [0.05, 0.1) is 7.11 Å². The number of rotatable bonds is 3. The number of likely N-dealkylation sites (tertiary alicyclic amines) is 1. The third-order valence-corrected chi connectivity index (χ3v) is 3.63. The number of carbonyl (C=O) groups excluding carboxylic acids is 2. The zero-order valence-corrected chi connectivity index (χ0v) is 11.2. The normalized spacial score (nSPS) is 14.8. The van der Waals surface area contributed by atoms with E-state index >= 15 is 0 Å². The van der Waals surface area contributed by atoms with Crippen LogP contribution in [0.5, 0.6) is 5.75 Å². The van der Waals surface area contributed by atoms with Gasteiger partial charge in [0, 0.05) is 24.0 Å². The van der Waals surface area contributed by atoms with E-state index in [9.17, 15) is 9.59 Å². The zero-order valence-electron chi connectivity index (χ0n) is 11.2. The summed E-state index contributed by atoms with van der Waals surface area (Å²) in [5.74, 6) is 0.651. The molecule has 0 saturated carbocycles. The van der Waals surface area contributed by atoms with Crippen LogP contribution in [0, 0.1) is 0 Å². The average Bonchev–Trinajstić information content (AvgIpc) is 3.14. The molecule has 5 heteroatoms. The average molecular weight is 273 g/mol. The van der Waals surface area contributed by atoms with Gasteiger partial charge in [0.15, 0.2) is 23.4 Å². The highest BCUT2D eigenvalue weighted by Gasteiger charge is 2.24. The molecule has 0 spiro atoms. The van der Waals surface area contributed by atoms with E-state index in [0.717, 1.165) is 32.2 Å². The summed E-state index contributed by atoms with van der Waals surface area (Å²) in [4.78, 5) is 25.2. The number of ether oxygens (including phenoxy) is 1. The molecule has 20 heavy (non-hydrogen) atoms. The molecule has 1 aliphatic rings. The minimum Gasteiger partial charge on any atom is -0.493 e. The second kappa shape index (κ2) is 5.00. The number of hydrogen-bond donors (Lipinski definition) is 0. The molecule has 1 amide bonds. The molecule has 1 saturated heterocycles. The second-order valence-electron chi connectivity index (χ2n) is 4.83. The second-order valence-corrected chi connectivity index (χ2v) is 4.83. The van der Waals surface area contributed by atoms with Gasteiger partial charge in [-0.05, 0) is 31.0 Å². The molecule has 0 atom stereocenters. The van der Waals surface area contributed by atoms with Gasteiger partial charge in [0.25, 0.3) is 5.91 Å². The molecule has 1 aliphatic heterocycles. The van der Waals surface area contributed by atoms with E-state index in [4.69, 9.17) is 9.15 Å². The van der Waals surface area contributed by atoms with Gasteiger partial charge in [0.2, 0.25) is 0 Å². The van der Waals surface area contributed by atoms with E-state index < -0.39 is 0 Å². The van der Waals surface area contributed by atoms with Crippen LogP contribution in [0.3, 0.4) is 0 Å². The van der Waals surface area contributed by atoms with Crippen molar-refractivity contribution in [3.05, 3.63) is 29.5 Å². The number of aldehydes is 1. The lowest BCUT2D eigenvalue weighted by Gasteiger charge is -2.12. The topological polar surface area (TPSA) is 59.8 Å². The molecular formula is C15H15NO4. The molecule has 1 fully saturated rings. The highest BCUT2D eigenvalue weighted by atomic mass is 16.5. The van der Waals surface area contributed by atoms with Gasteiger partial charge in [-0.2, -0.15) is 0 Å². The lowest BCUT2D eigenvalue weighted by atomic mass is 10.1. The van der Waals surface area contributed by atoms with Crippen LogP contribution < -0.4 is 4.74 Å². The van der Waals surface area contributed by atoms with E-state index in [2.05, 4.69) is 0 Å². The highest BCUT2D eigenvalue weighted by molar-refractivity contribution is 6.03. The summed E-state index contributed by atoms with van der Waals surface area (Å²) in [5.41, 5.74) is 0.935. The van der Waals surface area contributed by atoms with Crippen molar-refractivity contribution in [2.75, 3.05) is 20.2 Å². The first-order valence-electron chi connectivity index (χ1n) is 6.59. The monoisotopic (exact) mass is 273 g/mol. The van der Waals surface area contributed by atoms with Crippen molar-refractivity contribution >= 4 is 23.2 Å². The third kappa shape index (κ3) is 1.95. The maximum absolute atomic E-state index is 12.3. The van der Waals surface area contributed by atoms with Crippen molar-refractivity contribution in [1.29, 1.82) is 0 Å². The molecular weight excluding hydrogens is 258 g/mol. The van der Waals surface area contributed by atoms with Crippen LogP contribution in [0.15, 0.2) is 22.6 Å². The Morgan fingerprint density at radius 3 is 2.75 bits per heavy atom. The first kappa shape index (κ1) is 12.7. The van der Waals surface area contributed by atoms with Crippen molar-refractivity contribution in [3.63, 3.8) is 0 Å². The lowest BCUT2D eigenvalue weighted by molar-refractivity contribution is 0.0763. The van der Waals surface area contributed by atoms with Crippen molar-refractivity contribution in [2.45, 2.75) is 12.8 Å². The van der Waals surface area contributed by atoms with E-state index in [-0.39, 0.29) is 11.7 Å². The standard InChI is InChI=1S/C15H15NO4/c1-19-12-5-4-10(9-17)11-8-13(20-14(11)12)15(18)16-6-2-3-7-16/h4-5,8-9H,2-3,6-7H2,1H3. The Balaban J connectivity index is 2.09. The molecule has 1 aromatic heterocycles. The predicted octanol–water partition coefficient (Wildman–Crippen LogP) is 2.49. The summed E-state index contributed by atoms with van der Waals surface area (Å²) in [6, 6.07) is 4.95. The lowest BCUT2D eigenvalue weighted by Crippen LogP contribution is -2.27. The summed E-state index contributed by atoms with van der Waals surface area (Å²) in [6.45, 7) is 1.51. The number of benzene rings is 1. The fourth-order valence-electron chi connectivity index (χ4n) is 2.56. The molecule has 2 heterocycles. The molecule has 0 bridgehead atoms. The molecule has 5 nitrogen and oxygen atoms in total. The smallest absolute Gasteiger partial charge is 0.289 e. The highest BCUT2D eigenvalue weighted by Crippen LogP contribution is 2.31. The van der Waals surface area contributed by atoms with Gasteiger partial charge in [-0.1, -0.05) is 0 Å². The Morgan fingerprint density at radius 2 is 2.10 bits per heavy atom. The van der Waals surface area contributed by atoms with Crippen molar-refractivity contribution < 1.29 is 18.7 Å². The van der Waals surface area contributed by atoms with Gasteiger partial charge in [-0.15, -0.1) is 0 Å². The van der Waals surface area contributed by atoms with Crippen LogP contribution in [0.1, 0.15) is 33.8 Å². The summed E-state index contributed by atoms with van der Waals surface area (Å²) < 4.78 is 10.8. The van der Waals surface area contributed by atoms with Crippen LogP contribution >= 0.6 is 0 Å². The van der Waals surface area contributed by atoms with Gasteiger partial charge < -0.3 is 14.1 Å². The number of amides is 1. The van der Waals surface area contributed by atoms with Crippen LogP contribution in [-0.4, -0.2) is 37.3 Å². The van der Waals surface area contributed by atoms with Gasteiger partial charge >= 0.3 is 0 Å². The molecule has 1 aromatic carbocycles. The van der Waals surface area contributed by atoms with Crippen LogP contribution in [0.4, 0.5) is 0 Å².